The van der Waals surface area contributed by atoms with Crippen molar-refractivity contribution in [3.05, 3.63) is 47.9 Å². The number of rotatable bonds is 5. The molecule has 11 heteroatoms. The number of aromatic nitrogens is 5. The third-order valence-corrected chi connectivity index (χ3v) is 3.84. The molecule has 2 heterocycles. The monoisotopic (exact) mass is 392 g/mol. The minimum Gasteiger partial charge on any atom is -0.480 e. The van der Waals surface area contributed by atoms with Crippen LogP contribution in [0.2, 0.25) is 0 Å². The van der Waals surface area contributed by atoms with Crippen molar-refractivity contribution < 1.29 is 23.1 Å². The van der Waals surface area contributed by atoms with E-state index in [0.29, 0.717) is 16.9 Å². The zero-order valence-electron chi connectivity index (χ0n) is 14.8. The van der Waals surface area contributed by atoms with Crippen molar-refractivity contribution in [2.24, 2.45) is 0 Å². The number of halogens is 3. The van der Waals surface area contributed by atoms with E-state index in [-0.39, 0.29) is 5.95 Å². The van der Waals surface area contributed by atoms with E-state index in [1.54, 1.807) is 25.1 Å². The second kappa shape index (κ2) is 7.25. The number of nitrogens with one attached hydrogen (secondary N) is 1. The van der Waals surface area contributed by atoms with Crippen molar-refractivity contribution in [1.82, 2.24) is 25.0 Å². The summed E-state index contributed by atoms with van der Waals surface area (Å²) in [7, 11) is 0. The standard InChI is InChI=1S/C17H15F3N6O2/c1-9-5-11(13-8-26(25-24-13)10(2)15(27)28)7-12(6-9)22-16-21-4-3-14(23-16)17(18,19)20/h3-8,10H,1-2H3,(H,27,28)(H,21,22,23). The van der Waals surface area contributed by atoms with Crippen LogP contribution in [0, 0.1) is 6.92 Å². The number of anilines is 2. The first-order chi connectivity index (χ1) is 13.1. The molecule has 0 radical (unpaired) electrons. The minimum absolute atomic E-state index is 0.200. The first-order valence-electron chi connectivity index (χ1n) is 8.07. The van der Waals surface area contributed by atoms with Gasteiger partial charge in [-0.25, -0.2) is 19.4 Å². The van der Waals surface area contributed by atoms with Crippen LogP contribution in [0.4, 0.5) is 24.8 Å². The largest absolute Gasteiger partial charge is 0.480 e. The van der Waals surface area contributed by atoms with Crippen LogP contribution in [0.5, 0.6) is 0 Å². The molecular formula is C17H15F3N6O2. The van der Waals surface area contributed by atoms with Crippen LogP contribution >= 0.6 is 0 Å². The summed E-state index contributed by atoms with van der Waals surface area (Å²) < 4.78 is 39.6. The highest BCUT2D eigenvalue weighted by atomic mass is 19.4. The van der Waals surface area contributed by atoms with Crippen molar-refractivity contribution >= 4 is 17.6 Å². The van der Waals surface area contributed by atoms with Crippen LogP contribution in [0.1, 0.15) is 24.2 Å². The van der Waals surface area contributed by atoms with Gasteiger partial charge in [0, 0.05) is 17.4 Å². The highest BCUT2D eigenvalue weighted by Gasteiger charge is 2.32. The van der Waals surface area contributed by atoms with E-state index < -0.39 is 23.9 Å². The van der Waals surface area contributed by atoms with E-state index in [0.717, 1.165) is 17.8 Å². The molecule has 0 bridgehead atoms. The van der Waals surface area contributed by atoms with Crippen molar-refractivity contribution in [3.63, 3.8) is 0 Å². The lowest BCUT2D eigenvalue weighted by molar-refractivity contribution is -0.141. The van der Waals surface area contributed by atoms with Gasteiger partial charge in [0.25, 0.3) is 0 Å². The molecule has 0 aliphatic carbocycles. The fourth-order valence-corrected chi connectivity index (χ4v) is 2.42. The van der Waals surface area contributed by atoms with Crippen molar-refractivity contribution in [3.8, 4) is 11.3 Å². The summed E-state index contributed by atoms with van der Waals surface area (Å²) >= 11 is 0. The SMILES string of the molecule is Cc1cc(Nc2nccc(C(F)(F)F)n2)cc(-c2cn(C(C)C(=O)O)nn2)c1. The molecule has 0 aliphatic heterocycles. The molecule has 146 valence electrons. The Kier molecular flexibility index (Phi) is 4.99. The Morgan fingerprint density at radius 3 is 2.71 bits per heavy atom. The van der Waals surface area contributed by atoms with Gasteiger partial charge < -0.3 is 10.4 Å². The lowest BCUT2D eigenvalue weighted by Crippen LogP contribution is -2.15. The van der Waals surface area contributed by atoms with Crippen LogP contribution in [0.25, 0.3) is 11.3 Å². The summed E-state index contributed by atoms with van der Waals surface area (Å²) in [5.74, 6) is -1.25. The Labute approximate surface area is 157 Å². The van der Waals surface area contributed by atoms with Crippen LogP contribution in [0.3, 0.4) is 0 Å². The predicted octanol–water partition coefficient (Wildman–Crippen LogP) is 3.45. The molecule has 2 aromatic heterocycles. The summed E-state index contributed by atoms with van der Waals surface area (Å²) in [5, 5.41) is 19.6. The second-order valence-electron chi connectivity index (χ2n) is 6.07. The van der Waals surface area contributed by atoms with Gasteiger partial charge in [0.05, 0.1) is 6.20 Å². The first kappa shape index (κ1) is 19.3. The van der Waals surface area contributed by atoms with Crippen LogP contribution in [-0.2, 0) is 11.0 Å². The summed E-state index contributed by atoms with van der Waals surface area (Å²) in [6.07, 6.45) is -2.07. The topological polar surface area (TPSA) is 106 Å². The molecule has 3 aromatic rings. The first-order valence-corrected chi connectivity index (χ1v) is 8.07. The molecule has 0 saturated carbocycles. The Morgan fingerprint density at radius 1 is 1.29 bits per heavy atom. The van der Waals surface area contributed by atoms with E-state index >= 15 is 0 Å². The fourth-order valence-electron chi connectivity index (χ4n) is 2.42. The van der Waals surface area contributed by atoms with E-state index in [9.17, 15) is 18.0 Å². The molecule has 0 spiro atoms. The van der Waals surface area contributed by atoms with Gasteiger partial charge in [-0.15, -0.1) is 5.10 Å². The van der Waals surface area contributed by atoms with Gasteiger partial charge in [-0.2, -0.15) is 13.2 Å². The number of hydrogen-bond donors (Lipinski definition) is 2. The van der Waals surface area contributed by atoms with Gasteiger partial charge >= 0.3 is 12.1 Å². The normalized spacial score (nSPS) is 12.6. The highest BCUT2D eigenvalue weighted by molar-refractivity contribution is 5.72. The highest BCUT2D eigenvalue weighted by Crippen LogP contribution is 2.29. The number of alkyl halides is 3. The molecule has 2 N–H and O–H groups in total. The summed E-state index contributed by atoms with van der Waals surface area (Å²) in [4.78, 5) is 18.3. The summed E-state index contributed by atoms with van der Waals surface area (Å²) in [6.45, 7) is 3.26. The number of aryl methyl sites for hydroxylation is 1. The van der Waals surface area contributed by atoms with Crippen LogP contribution < -0.4 is 5.32 Å². The summed E-state index contributed by atoms with van der Waals surface area (Å²) in [6, 6.07) is 5.03. The quantitative estimate of drug-likeness (QED) is 0.685. The van der Waals surface area contributed by atoms with Crippen molar-refractivity contribution in [1.29, 1.82) is 0 Å². The maximum absolute atomic E-state index is 12.8. The number of carboxylic acids is 1. The molecule has 3 rings (SSSR count). The van der Waals surface area contributed by atoms with Crippen LogP contribution in [-0.4, -0.2) is 36.0 Å². The zero-order chi connectivity index (χ0) is 20.5. The Bertz CT molecular complexity index is 1020. The third-order valence-electron chi connectivity index (χ3n) is 3.84. The number of hydrogen-bond acceptors (Lipinski definition) is 6. The predicted molar refractivity (Wildman–Crippen MR) is 92.9 cm³/mol. The molecular weight excluding hydrogens is 377 g/mol. The van der Waals surface area contributed by atoms with Gasteiger partial charge in [0.15, 0.2) is 0 Å². The van der Waals surface area contributed by atoms with Gasteiger partial charge in [0.2, 0.25) is 5.95 Å². The summed E-state index contributed by atoms with van der Waals surface area (Å²) in [5.41, 5.74) is 1.23. The Balaban J connectivity index is 1.90. The maximum atomic E-state index is 12.8. The van der Waals surface area contributed by atoms with E-state index in [1.165, 1.54) is 17.8 Å². The molecule has 28 heavy (non-hydrogen) atoms. The molecule has 0 fully saturated rings. The Morgan fingerprint density at radius 2 is 2.04 bits per heavy atom. The van der Waals surface area contributed by atoms with Crippen LogP contribution in [0.15, 0.2) is 36.7 Å². The molecule has 8 nitrogen and oxygen atoms in total. The second-order valence-corrected chi connectivity index (χ2v) is 6.07. The van der Waals surface area contributed by atoms with Gasteiger partial charge in [0.1, 0.15) is 17.4 Å². The minimum atomic E-state index is -4.57. The number of nitrogens with zero attached hydrogens (tertiary/aromatic N) is 5. The molecule has 1 aromatic carbocycles. The average molecular weight is 392 g/mol. The lowest BCUT2D eigenvalue weighted by atomic mass is 10.1. The fraction of sp³-hybridized carbons (Fsp3) is 0.235. The van der Waals surface area contributed by atoms with Gasteiger partial charge in [-0.1, -0.05) is 5.21 Å². The number of carboxylic acid groups (broad SMARTS) is 1. The third kappa shape index (κ3) is 4.24. The smallest absolute Gasteiger partial charge is 0.433 e. The lowest BCUT2D eigenvalue weighted by Gasteiger charge is -2.10. The van der Waals surface area contributed by atoms with E-state index in [2.05, 4.69) is 25.6 Å². The molecule has 0 saturated heterocycles. The molecule has 1 unspecified atom stereocenters. The zero-order valence-corrected chi connectivity index (χ0v) is 14.8. The van der Waals surface area contributed by atoms with E-state index in [4.69, 9.17) is 5.11 Å². The maximum Gasteiger partial charge on any atom is 0.433 e. The average Bonchev–Trinajstić information content (AvgIpc) is 3.10. The van der Waals surface area contributed by atoms with Crippen molar-refractivity contribution in [2.45, 2.75) is 26.1 Å². The number of benzene rings is 1. The van der Waals surface area contributed by atoms with Gasteiger partial charge in [-0.3, -0.25) is 0 Å². The Hall–Kier alpha value is -3.50. The molecule has 1 atom stereocenters. The number of carbonyl (C=O) groups is 1. The molecule has 0 amide bonds. The number of aliphatic carboxylic acids is 1. The van der Waals surface area contributed by atoms with Crippen molar-refractivity contribution in [2.75, 3.05) is 5.32 Å². The van der Waals surface area contributed by atoms with E-state index in [1.807, 2.05) is 0 Å². The molecule has 0 aliphatic rings. The van der Waals surface area contributed by atoms with Gasteiger partial charge in [-0.05, 0) is 43.7 Å².